The number of benzene rings is 2. The van der Waals surface area contributed by atoms with Crippen molar-refractivity contribution in [1.82, 2.24) is 5.32 Å². The first-order valence-corrected chi connectivity index (χ1v) is 14.8. The molecular formula is C34H53N3O. The van der Waals surface area contributed by atoms with Crippen molar-refractivity contribution in [2.24, 2.45) is 21.8 Å². The molecule has 1 saturated carbocycles. The smallest absolute Gasteiger partial charge is 0.223 e. The molecule has 3 rings (SSSR count). The van der Waals surface area contributed by atoms with Crippen molar-refractivity contribution in [2.45, 2.75) is 105 Å². The van der Waals surface area contributed by atoms with Gasteiger partial charge >= 0.3 is 0 Å². The molecule has 1 N–H and O–H groups in total. The maximum absolute atomic E-state index is 12.0. The van der Waals surface area contributed by atoms with Gasteiger partial charge in [0.15, 0.2) is 0 Å². The Morgan fingerprint density at radius 1 is 0.921 bits per heavy atom. The molecule has 4 heteroatoms. The first-order valence-electron chi connectivity index (χ1n) is 14.8. The van der Waals surface area contributed by atoms with E-state index in [-0.39, 0.29) is 17.9 Å². The third-order valence-electron chi connectivity index (χ3n) is 6.88. The topological polar surface area (TPSA) is 53.8 Å². The first-order chi connectivity index (χ1) is 18.5. The highest BCUT2D eigenvalue weighted by molar-refractivity contribution is 5.90. The number of carbonyl (C=O) groups is 1. The van der Waals surface area contributed by atoms with Gasteiger partial charge in [0.1, 0.15) is 5.84 Å². The standard InChI is InChI=1S/C15H21NO.C11H14N2.C8H18/c1-2-7-14(12-8-4-3-5-9-12)16-15(17)13-10-6-11-13;1-3-13-11(12-2)9-10-7-5-4-6-8-10;1-4-6-8(3)7-5-2/h3-5,8-9,13-14H,2,6-7,10-11H2,1H3,(H,16,17);3-8H,9H2,1-2H3;8H,4-7H2,1-3H3. The number of hydrogen-bond acceptors (Lipinski definition) is 2. The third kappa shape index (κ3) is 14.3. The van der Waals surface area contributed by atoms with E-state index in [1.165, 1.54) is 43.2 Å². The molecule has 2 aromatic carbocycles. The summed E-state index contributed by atoms with van der Waals surface area (Å²) in [6.07, 6.45) is 13.5. The monoisotopic (exact) mass is 519 g/mol. The van der Waals surface area contributed by atoms with Crippen LogP contribution in [0.25, 0.3) is 0 Å². The summed E-state index contributed by atoms with van der Waals surface area (Å²) in [7, 11) is 1.77. The minimum absolute atomic E-state index is 0.189. The predicted molar refractivity (Wildman–Crippen MR) is 166 cm³/mol. The van der Waals surface area contributed by atoms with Crippen molar-refractivity contribution in [3.8, 4) is 0 Å². The molecule has 0 aliphatic heterocycles. The molecule has 0 heterocycles. The molecule has 1 amide bonds. The van der Waals surface area contributed by atoms with Crippen molar-refractivity contribution < 1.29 is 4.79 Å². The van der Waals surface area contributed by atoms with Gasteiger partial charge in [0, 0.05) is 25.6 Å². The van der Waals surface area contributed by atoms with E-state index in [9.17, 15) is 4.79 Å². The van der Waals surface area contributed by atoms with E-state index in [0.29, 0.717) is 0 Å². The van der Waals surface area contributed by atoms with Crippen LogP contribution in [0.3, 0.4) is 0 Å². The molecule has 2 aromatic rings. The summed E-state index contributed by atoms with van der Waals surface area (Å²) < 4.78 is 0. The summed E-state index contributed by atoms with van der Waals surface area (Å²) in [5.41, 5.74) is 2.47. The Balaban J connectivity index is 0.000000306. The van der Waals surface area contributed by atoms with Crippen molar-refractivity contribution in [3.63, 3.8) is 0 Å². The van der Waals surface area contributed by atoms with E-state index in [1.54, 1.807) is 13.3 Å². The summed E-state index contributed by atoms with van der Waals surface area (Å²) >= 11 is 0. The zero-order valence-electron chi connectivity index (χ0n) is 25.0. The molecule has 1 fully saturated rings. The van der Waals surface area contributed by atoms with Crippen LogP contribution < -0.4 is 5.32 Å². The maximum atomic E-state index is 12.0. The largest absolute Gasteiger partial charge is 0.349 e. The fourth-order valence-electron chi connectivity index (χ4n) is 4.50. The lowest BCUT2D eigenvalue weighted by molar-refractivity contribution is -0.128. The lowest BCUT2D eigenvalue weighted by Crippen LogP contribution is -2.36. The Bertz CT molecular complexity index is 898. The van der Waals surface area contributed by atoms with E-state index in [1.807, 2.05) is 43.3 Å². The SMILES string of the molecule is CC=NC(Cc1ccccc1)=NC.CCCC(C)CCC.CCCC(NC(=O)C1CCC1)c1ccccc1. The number of nitrogens with zero attached hydrogens (tertiary/aromatic N) is 2. The molecule has 1 aliphatic carbocycles. The predicted octanol–water partition coefficient (Wildman–Crippen LogP) is 9.01. The number of carbonyl (C=O) groups excluding carboxylic acids is 1. The molecule has 0 radical (unpaired) electrons. The van der Waals surface area contributed by atoms with Gasteiger partial charge in [0.05, 0.1) is 6.04 Å². The minimum atomic E-state index is 0.189. The number of amidine groups is 1. The van der Waals surface area contributed by atoms with Crippen LogP contribution >= 0.6 is 0 Å². The Morgan fingerprint density at radius 3 is 1.92 bits per heavy atom. The Labute approximate surface area is 233 Å². The van der Waals surface area contributed by atoms with Gasteiger partial charge in [-0.25, -0.2) is 4.99 Å². The van der Waals surface area contributed by atoms with Gasteiger partial charge in [-0.2, -0.15) is 0 Å². The molecule has 0 spiro atoms. The molecule has 0 bridgehead atoms. The second kappa shape index (κ2) is 21.2. The van der Waals surface area contributed by atoms with Crippen LogP contribution in [0.2, 0.25) is 0 Å². The molecule has 1 aliphatic rings. The summed E-state index contributed by atoms with van der Waals surface area (Å²) in [5.74, 6) is 2.36. The van der Waals surface area contributed by atoms with Crippen LogP contribution in [0.1, 0.15) is 110 Å². The first kappa shape index (κ1) is 33.3. The van der Waals surface area contributed by atoms with E-state index in [0.717, 1.165) is 43.9 Å². The lowest BCUT2D eigenvalue weighted by atomic mass is 9.84. The summed E-state index contributed by atoms with van der Waals surface area (Å²) in [4.78, 5) is 20.2. The van der Waals surface area contributed by atoms with Crippen LogP contribution in [0, 0.1) is 11.8 Å². The van der Waals surface area contributed by atoms with Crippen molar-refractivity contribution >= 4 is 18.0 Å². The average molecular weight is 520 g/mol. The normalized spacial score (nSPS) is 14.1. The second-order valence-electron chi connectivity index (χ2n) is 10.3. The maximum Gasteiger partial charge on any atom is 0.223 e. The van der Waals surface area contributed by atoms with Gasteiger partial charge in [-0.1, -0.05) is 127 Å². The molecular weight excluding hydrogens is 466 g/mol. The quantitative estimate of drug-likeness (QED) is 0.234. The van der Waals surface area contributed by atoms with E-state index in [4.69, 9.17) is 0 Å². The van der Waals surface area contributed by atoms with E-state index >= 15 is 0 Å². The van der Waals surface area contributed by atoms with Crippen LogP contribution in [-0.4, -0.2) is 25.0 Å². The summed E-state index contributed by atoms with van der Waals surface area (Å²) in [6, 6.07) is 20.7. The van der Waals surface area contributed by atoms with Gasteiger partial charge in [-0.15, -0.1) is 0 Å². The van der Waals surface area contributed by atoms with Crippen LogP contribution in [0.4, 0.5) is 0 Å². The fourth-order valence-corrected chi connectivity index (χ4v) is 4.50. The molecule has 0 saturated heterocycles. The van der Waals surface area contributed by atoms with E-state index in [2.05, 4.69) is 67.3 Å². The number of rotatable bonds is 11. The van der Waals surface area contributed by atoms with Gasteiger partial charge in [-0.05, 0) is 43.2 Å². The molecule has 1 unspecified atom stereocenters. The Hall–Kier alpha value is -2.75. The van der Waals surface area contributed by atoms with Crippen molar-refractivity contribution in [3.05, 3.63) is 71.8 Å². The summed E-state index contributed by atoms with van der Waals surface area (Å²) in [5, 5.41) is 3.20. The Kier molecular flexibility index (Phi) is 18.6. The zero-order chi connectivity index (χ0) is 28.0. The van der Waals surface area contributed by atoms with Gasteiger partial charge in [0.25, 0.3) is 0 Å². The number of aliphatic imine (C=N–C) groups is 2. The number of nitrogens with one attached hydrogen (secondary N) is 1. The van der Waals surface area contributed by atoms with E-state index < -0.39 is 0 Å². The number of amides is 1. The average Bonchev–Trinajstić information content (AvgIpc) is 2.89. The molecule has 0 aromatic heterocycles. The highest BCUT2D eigenvalue weighted by Crippen LogP contribution is 2.28. The third-order valence-corrected chi connectivity index (χ3v) is 6.88. The lowest BCUT2D eigenvalue weighted by Gasteiger charge is -2.27. The Morgan fingerprint density at radius 2 is 1.47 bits per heavy atom. The van der Waals surface area contributed by atoms with Crippen LogP contribution in [0.5, 0.6) is 0 Å². The highest BCUT2D eigenvalue weighted by Gasteiger charge is 2.26. The van der Waals surface area contributed by atoms with Crippen LogP contribution in [-0.2, 0) is 11.2 Å². The van der Waals surface area contributed by atoms with Crippen molar-refractivity contribution in [2.75, 3.05) is 7.05 Å². The molecule has 1 atom stereocenters. The van der Waals surface area contributed by atoms with Crippen molar-refractivity contribution in [1.29, 1.82) is 0 Å². The highest BCUT2D eigenvalue weighted by atomic mass is 16.2. The van der Waals surface area contributed by atoms with Gasteiger partial charge in [-0.3, -0.25) is 9.79 Å². The van der Waals surface area contributed by atoms with Gasteiger partial charge in [0.2, 0.25) is 5.91 Å². The zero-order valence-corrected chi connectivity index (χ0v) is 25.0. The molecule has 4 nitrogen and oxygen atoms in total. The second-order valence-corrected chi connectivity index (χ2v) is 10.3. The van der Waals surface area contributed by atoms with Gasteiger partial charge < -0.3 is 5.32 Å². The summed E-state index contributed by atoms with van der Waals surface area (Å²) in [6.45, 7) is 10.9. The molecule has 210 valence electrons. The number of hydrogen-bond donors (Lipinski definition) is 1. The van der Waals surface area contributed by atoms with Crippen LogP contribution in [0.15, 0.2) is 70.6 Å². The molecule has 38 heavy (non-hydrogen) atoms. The fraction of sp³-hybridized carbons (Fsp3) is 0.559. The minimum Gasteiger partial charge on any atom is -0.349 e.